The molecule has 0 radical (unpaired) electrons. The second-order valence-electron chi connectivity index (χ2n) is 6.35. The molecule has 0 unspecified atom stereocenters. The van der Waals surface area contributed by atoms with E-state index in [4.69, 9.17) is 11.6 Å². The molecule has 126 valence electrons. The van der Waals surface area contributed by atoms with Crippen LogP contribution in [-0.4, -0.2) is 8.07 Å². The summed E-state index contributed by atoms with van der Waals surface area (Å²) < 4.78 is 0. The average Bonchev–Trinajstić information content (AvgIpc) is 2.72. The van der Waals surface area contributed by atoms with Gasteiger partial charge in [-0.3, -0.25) is 0 Å². The van der Waals surface area contributed by atoms with Crippen LogP contribution in [0.5, 0.6) is 0 Å². The monoisotopic (exact) mass is 370 g/mol. The zero-order chi connectivity index (χ0) is 17.8. The van der Waals surface area contributed by atoms with Gasteiger partial charge in [-0.05, 0) is 32.9 Å². The highest BCUT2D eigenvalue weighted by Gasteiger charge is 2.40. The summed E-state index contributed by atoms with van der Waals surface area (Å²) in [5, 5.41) is 6.23. The fourth-order valence-electron chi connectivity index (χ4n) is 3.76. The van der Waals surface area contributed by atoms with E-state index in [9.17, 15) is 0 Å². The fraction of sp³-hybridized carbons (Fsp3) is 0. The molecule has 0 spiro atoms. The lowest BCUT2D eigenvalue weighted by Crippen LogP contribution is -2.74. The van der Waals surface area contributed by atoms with Gasteiger partial charge in [-0.2, -0.15) is 0 Å². The van der Waals surface area contributed by atoms with E-state index in [0.717, 1.165) is 5.02 Å². The van der Waals surface area contributed by atoms with Crippen LogP contribution in [0.15, 0.2) is 115 Å². The van der Waals surface area contributed by atoms with Crippen LogP contribution >= 0.6 is 11.6 Å². The quantitative estimate of drug-likeness (QED) is 0.379. The van der Waals surface area contributed by atoms with Gasteiger partial charge in [-0.25, -0.2) is 0 Å². The Kier molecular flexibility index (Phi) is 4.74. The molecule has 0 saturated heterocycles. The number of hydrogen-bond donors (Lipinski definition) is 0. The molecular weight excluding hydrogens is 352 g/mol. The number of halogens is 1. The maximum absolute atomic E-state index is 6.22. The van der Waals surface area contributed by atoms with Gasteiger partial charge >= 0.3 is 0 Å². The summed E-state index contributed by atoms with van der Waals surface area (Å²) in [6, 6.07) is 41.1. The fourth-order valence-corrected chi connectivity index (χ4v) is 8.63. The Hall–Kier alpha value is -2.61. The maximum atomic E-state index is 6.22. The predicted molar refractivity (Wildman–Crippen MR) is 115 cm³/mol. The molecule has 0 bridgehead atoms. The van der Waals surface area contributed by atoms with Crippen molar-refractivity contribution in [1.29, 1.82) is 0 Å². The van der Waals surface area contributed by atoms with Crippen LogP contribution in [0.1, 0.15) is 0 Å². The molecular formula is C24H19ClSi. The third-order valence-electron chi connectivity index (χ3n) is 4.90. The minimum absolute atomic E-state index is 0.769. The maximum Gasteiger partial charge on any atom is 0.179 e. The van der Waals surface area contributed by atoms with Crippen molar-refractivity contribution in [3.63, 3.8) is 0 Å². The van der Waals surface area contributed by atoms with Crippen molar-refractivity contribution < 1.29 is 0 Å². The lowest BCUT2D eigenvalue weighted by atomic mass is 10.3. The van der Waals surface area contributed by atoms with Gasteiger partial charge < -0.3 is 0 Å². The summed E-state index contributed by atoms with van der Waals surface area (Å²) in [6.07, 6.45) is 0. The molecule has 0 heterocycles. The highest BCUT2D eigenvalue weighted by atomic mass is 35.5. The van der Waals surface area contributed by atoms with Crippen LogP contribution in [0.3, 0.4) is 0 Å². The third kappa shape index (κ3) is 2.90. The lowest BCUT2D eigenvalue weighted by molar-refractivity contribution is 1.66. The van der Waals surface area contributed by atoms with Crippen LogP contribution in [0, 0.1) is 0 Å². The van der Waals surface area contributed by atoms with E-state index in [2.05, 4.69) is 103 Å². The first-order valence-corrected chi connectivity index (χ1v) is 11.1. The SMILES string of the molecule is Clc1ccc([Si](c2ccccc2)(c2ccccc2)c2ccccc2)cc1. The average molecular weight is 371 g/mol. The van der Waals surface area contributed by atoms with E-state index in [-0.39, 0.29) is 0 Å². The standard InChI is InChI=1S/C24H19ClSi/c25-20-16-18-24(19-17-20)26(21-10-4-1-5-11-21,22-12-6-2-7-13-22)23-14-8-3-9-15-23/h1-19H. The summed E-state index contributed by atoms with van der Waals surface area (Å²) in [7, 11) is -2.38. The molecule has 0 atom stereocenters. The molecule has 0 N–H and O–H groups in total. The van der Waals surface area contributed by atoms with E-state index < -0.39 is 8.07 Å². The molecule has 2 heteroatoms. The highest BCUT2D eigenvalue weighted by Crippen LogP contribution is 2.12. The summed E-state index contributed by atoms with van der Waals surface area (Å²) in [5.41, 5.74) is 0. The Morgan fingerprint density at radius 1 is 0.385 bits per heavy atom. The first-order chi connectivity index (χ1) is 12.8. The Labute approximate surface area is 160 Å². The van der Waals surface area contributed by atoms with Gasteiger partial charge in [0, 0.05) is 5.02 Å². The molecule has 0 fully saturated rings. The Bertz CT molecular complexity index is 868. The molecule has 4 aromatic carbocycles. The molecule has 0 aliphatic carbocycles. The van der Waals surface area contributed by atoms with Crippen LogP contribution < -0.4 is 20.7 Å². The van der Waals surface area contributed by atoms with E-state index in [0.29, 0.717) is 0 Å². The summed E-state index contributed by atoms with van der Waals surface area (Å²) >= 11 is 6.22. The van der Waals surface area contributed by atoms with Crippen molar-refractivity contribution >= 4 is 40.4 Å². The predicted octanol–water partition coefficient (Wildman–Crippen LogP) is 3.72. The van der Waals surface area contributed by atoms with Crippen molar-refractivity contribution in [3.8, 4) is 0 Å². The van der Waals surface area contributed by atoms with Gasteiger partial charge in [0.25, 0.3) is 0 Å². The van der Waals surface area contributed by atoms with E-state index in [1.165, 1.54) is 20.7 Å². The number of benzene rings is 4. The van der Waals surface area contributed by atoms with Crippen LogP contribution in [-0.2, 0) is 0 Å². The van der Waals surface area contributed by atoms with Crippen LogP contribution in [0.25, 0.3) is 0 Å². The summed E-state index contributed by atoms with van der Waals surface area (Å²) in [5.74, 6) is 0. The minimum atomic E-state index is -2.38. The van der Waals surface area contributed by atoms with Crippen molar-refractivity contribution in [2.45, 2.75) is 0 Å². The number of rotatable bonds is 4. The molecule has 0 aliphatic rings. The smallest absolute Gasteiger partial charge is 0.0843 e. The molecule has 0 saturated carbocycles. The van der Waals surface area contributed by atoms with Gasteiger partial charge in [0.1, 0.15) is 0 Å². The van der Waals surface area contributed by atoms with Gasteiger partial charge in [-0.1, -0.05) is 115 Å². The zero-order valence-electron chi connectivity index (χ0n) is 14.3. The molecule has 0 aromatic heterocycles. The van der Waals surface area contributed by atoms with Crippen molar-refractivity contribution in [3.05, 3.63) is 120 Å². The number of hydrogen-bond acceptors (Lipinski definition) is 0. The molecule has 26 heavy (non-hydrogen) atoms. The second kappa shape index (κ2) is 7.33. The minimum Gasteiger partial charge on any atom is -0.0843 e. The van der Waals surface area contributed by atoms with Crippen LogP contribution in [0.2, 0.25) is 5.02 Å². The molecule has 0 nitrogen and oxygen atoms in total. The van der Waals surface area contributed by atoms with Crippen LogP contribution in [0.4, 0.5) is 0 Å². The largest absolute Gasteiger partial charge is 0.179 e. The Morgan fingerprint density at radius 2 is 0.692 bits per heavy atom. The second-order valence-corrected chi connectivity index (χ2v) is 10.6. The van der Waals surface area contributed by atoms with Gasteiger partial charge in [-0.15, -0.1) is 0 Å². The van der Waals surface area contributed by atoms with Crippen molar-refractivity contribution in [2.24, 2.45) is 0 Å². The van der Waals surface area contributed by atoms with E-state index in [1.54, 1.807) is 0 Å². The highest BCUT2D eigenvalue weighted by molar-refractivity contribution is 7.19. The Balaban J connectivity index is 2.12. The topological polar surface area (TPSA) is 0 Å². The van der Waals surface area contributed by atoms with E-state index >= 15 is 0 Å². The molecule has 0 amide bonds. The molecule has 4 aromatic rings. The summed E-state index contributed by atoms with van der Waals surface area (Å²) in [4.78, 5) is 0. The first-order valence-electron chi connectivity index (χ1n) is 8.74. The van der Waals surface area contributed by atoms with Gasteiger partial charge in [0.2, 0.25) is 0 Å². The molecule has 4 rings (SSSR count). The normalized spacial score (nSPS) is 11.3. The van der Waals surface area contributed by atoms with Gasteiger partial charge in [0.05, 0.1) is 0 Å². The van der Waals surface area contributed by atoms with E-state index in [1.807, 2.05) is 12.1 Å². The first kappa shape index (κ1) is 16.8. The summed E-state index contributed by atoms with van der Waals surface area (Å²) in [6.45, 7) is 0. The third-order valence-corrected chi connectivity index (χ3v) is 9.95. The van der Waals surface area contributed by atoms with Crippen molar-refractivity contribution in [1.82, 2.24) is 0 Å². The van der Waals surface area contributed by atoms with Crippen molar-refractivity contribution in [2.75, 3.05) is 0 Å². The zero-order valence-corrected chi connectivity index (χ0v) is 16.1. The van der Waals surface area contributed by atoms with Gasteiger partial charge in [0.15, 0.2) is 8.07 Å². The lowest BCUT2D eigenvalue weighted by Gasteiger charge is -2.34. The Morgan fingerprint density at radius 3 is 1.04 bits per heavy atom. The molecule has 0 aliphatic heterocycles.